The predicted octanol–water partition coefficient (Wildman–Crippen LogP) is 3.76. The van der Waals surface area contributed by atoms with Gasteiger partial charge in [-0.15, -0.1) is 11.8 Å². The van der Waals surface area contributed by atoms with Crippen LogP contribution in [-0.4, -0.2) is 21.8 Å². The van der Waals surface area contributed by atoms with Crippen molar-refractivity contribution in [2.24, 2.45) is 0 Å². The van der Waals surface area contributed by atoms with Crippen molar-refractivity contribution in [2.45, 2.75) is 10.8 Å². The summed E-state index contributed by atoms with van der Waals surface area (Å²) in [5, 5.41) is 9.03. The molecule has 2 heterocycles. The summed E-state index contributed by atoms with van der Waals surface area (Å²) in [5.41, 5.74) is 2.68. The first-order valence-corrected chi connectivity index (χ1v) is 7.56. The molecule has 1 unspecified atom stereocenters. The predicted molar refractivity (Wildman–Crippen MR) is 80.0 cm³/mol. The largest absolute Gasteiger partial charge is 0.478 e. The van der Waals surface area contributed by atoms with E-state index in [2.05, 4.69) is 17.1 Å². The van der Waals surface area contributed by atoms with E-state index in [1.54, 1.807) is 23.9 Å². The maximum atomic E-state index is 11.0. The summed E-state index contributed by atoms with van der Waals surface area (Å²) in [6, 6.07) is 13.0. The van der Waals surface area contributed by atoms with Crippen LogP contribution < -0.4 is 0 Å². The van der Waals surface area contributed by atoms with Crippen LogP contribution in [0.25, 0.3) is 11.1 Å². The van der Waals surface area contributed by atoms with Gasteiger partial charge in [-0.3, -0.25) is 0 Å². The number of nitrogens with zero attached hydrogens (tertiary/aromatic N) is 1. The van der Waals surface area contributed by atoms with Crippen LogP contribution in [0.5, 0.6) is 0 Å². The molecule has 0 aliphatic carbocycles. The highest BCUT2D eigenvalue weighted by Crippen LogP contribution is 2.43. The SMILES string of the molecule is O=C(O)c1ccc2oc(C3CSc4ccccc43)nc2c1. The molecule has 1 aromatic heterocycles. The Morgan fingerprint density at radius 2 is 2.14 bits per heavy atom. The molecule has 1 atom stereocenters. The smallest absolute Gasteiger partial charge is 0.335 e. The lowest BCUT2D eigenvalue weighted by molar-refractivity contribution is 0.0697. The van der Waals surface area contributed by atoms with Crippen LogP contribution in [0.4, 0.5) is 0 Å². The van der Waals surface area contributed by atoms with Gasteiger partial charge in [0.05, 0.1) is 11.5 Å². The van der Waals surface area contributed by atoms with E-state index >= 15 is 0 Å². The van der Waals surface area contributed by atoms with Crippen molar-refractivity contribution in [3.8, 4) is 0 Å². The number of rotatable bonds is 2. The molecule has 0 amide bonds. The Hall–Kier alpha value is -2.27. The molecule has 1 N–H and O–H groups in total. The number of aromatic nitrogens is 1. The van der Waals surface area contributed by atoms with Gasteiger partial charge in [0.1, 0.15) is 5.52 Å². The van der Waals surface area contributed by atoms with Crippen LogP contribution in [0.15, 0.2) is 51.8 Å². The molecule has 104 valence electrons. The van der Waals surface area contributed by atoms with Crippen LogP contribution in [0.3, 0.4) is 0 Å². The third-order valence-corrected chi connectivity index (χ3v) is 4.83. The van der Waals surface area contributed by atoms with Crippen molar-refractivity contribution in [2.75, 3.05) is 5.75 Å². The van der Waals surface area contributed by atoms with Crippen molar-refractivity contribution in [1.29, 1.82) is 0 Å². The molecule has 5 heteroatoms. The second-order valence-electron chi connectivity index (χ2n) is 4.94. The van der Waals surface area contributed by atoms with E-state index in [1.807, 2.05) is 12.1 Å². The van der Waals surface area contributed by atoms with Crippen molar-refractivity contribution in [1.82, 2.24) is 4.98 Å². The summed E-state index contributed by atoms with van der Waals surface area (Å²) >= 11 is 1.79. The summed E-state index contributed by atoms with van der Waals surface area (Å²) in [4.78, 5) is 16.8. The van der Waals surface area contributed by atoms with Gasteiger partial charge in [0.15, 0.2) is 5.58 Å². The zero-order valence-corrected chi connectivity index (χ0v) is 11.8. The molecule has 0 bridgehead atoms. The van der Waals surface area contributed by atoms with Crippen LogP contribution >= 0.6 is 11.8 Å². The molecule has 0 spiro atoms. The minimum atomic E-state index is -0.955. The van der Waals surface area contributed by atoms with Crippen LogP contribution in [0.1, 0.15) is 27.7 Å². The fraction of sp³-hybridized carbons (Fsp3) is 0.125. The van der Waals surface area contributed by atoms with Gasteiger partial charge in [-0.1, -0.05) is 18.2 Å². The third-order valence-electron chi connectivity index (χ3n) is 3.65. The lowest BCUT2D eigenvalue weighted by atomic mass is 10.0. The highest BCUT2D eigenvalue weighted by Gasteiger charge is 2.28. The summed E-state index contributed by atoms with van der Waals surface area (Å²) < 4.78 is 5.83. The minimum absolute atomic E-state index is 0.131. The molecule has 3 aromatic rings. The maximum Gasteiger partial charge on any atom is 0.335 e. The minimum Gasteiger partial charge on any atom is -0.478 e. The second-order valence-corrected chi connectivity index (χ2v) is 6.00. The van der Waals surface area contributed by atoms with Gasteiger partial charge in [-0.2, -0.15) is 0 Å². The van der Waals surface area contributed by atoms with Crippen molar-refractivity contribution in [3.05, 3.63) is 59.5 Å². The zero-order chi connectivity index (χ0) is 14.4. The summed E-state index contributed by atoms with van der Waals surface area (Å²) in [6.07, 6.45) is 0. The fourth-order valence-electron chi connectivity index (χ4n) is 2.59. The van der Waals surface area contributed by atoms with Gasteiger partial charge in [0.25, 0.3) is 0 Å². The number of benzene rings is 2. The number of thioether (sulfide) groups is 1. The van der Waals surface area contributed by atoms with Gasteiger partial charge in [0.2, 0.25) is 5.89 Å². The van der Waals surface area contributed by atoms with E-state index in [0.717, 1.165) is 5.75 Å². The Kier molecular flexibility index (Phi) is 2.75. The number of carbonyl (C=O) groups is 1. The number of oxazole rings is 1. The third kappa shape index (κ3) is 2.01. The normalized spacial score (nSPS) is 17.0. The van der Waals surface area contributed by atoms with Gasteiger partial charge in [-0.05, 0) is 29.8 Å². The molecule has 21 heavy (non-hydrogen) atoms. The lowest BCUT2D eigenvalue weighted by Gasteiger charge is -2.04. The monoisotopic (exact) mass is 297 g/mol. The summed E-state index contributed by atoms with van der Waals surface area (Å²) in [5.74, 6) is 0.734. The van der Waals surface area contributed by atoms with E-state index in [0.29, 0.717) is 17.0 Å². The van der Waals surface area contributed by atoms with Gasteiger partial charge >= 0.3 is 5.97 Å². The molecule has 4 nitrogen and oxygen atoms in total. The molecule has 0 saturated carbocycles. The molecule has 4 rings (SSSR count). The number of carboxylic acids is 1. The number of fused-ring (bicyclic) bond motifs is 2. The molecule has 2 aromatic carbocycles. The molecule has 1 aliphatic rings. The Balaban J connectivity index is 1.80. The van der Waals surface area contributed by atoms with Crippen molar-refractivity contribution in [3.63, 3.8) is 0 Å². The van der Waals surface area contributed by atoms with Gasteiger partial charge in [-0.25, -0.2) is 9.78 Å². The maximum absolute atomic E-state index is 11.0. The first-order chi connectivity index (χ1) is 10.2. The number of aromatic carboxylic acids is 1. The second kappa shape index (κ2) is 4.63. The standard InChI is InChI=1S/C16H11NO3S/c18-16(19)9-5-6-13-12(7-9)17-15(20-13)11-8-21-14-4-2-1-3-10(11)14/h1-7,11H,8H2,(H,18,19). The van der Waals surface area contributed by atoms with Crippen LogP contribution in [-0.2, 0) is 0 Å². The average Bonchev–Trinajstić information content (AvgIpc) is 3.09. The summed E-state index contributed by atoms with van der Waals surface area (Å²) in [6.45, 7) is 0. The summed E-state index contributed by atoms with van der Waals surface area (Å²) in [7, 11) is 0. The molecule has 0 fully saturated rings. The lowest BCUT2D eigenvalue weighted by Crippen LogP contribution is -1.99. The van der Waals surface area contributed by atoms with E-state index < -0.39 is 5.97 Å². The van der Waals surface area contributed by atoms with E-state index in [-0.39, 0.29) is 11.5 Å². The first-order valence-electron chi connectivity index (χ1n) is 6.58. The molecular weight excluding hydrogens is 286 g/mol. The molecule has 0 saturated heterocycles. The van der Waals surface area contributed by atoms with Crippen molar-refractivity contribution < 1.29 is 14.3 Å². The van der Waals surface area contributed by atoms with Crippen LogP contribution in [0.2, 0.25) is 0 Å². The average molecular weight is 297 g/mol. The molecule has 0 radical (unpaired) electrons. The number of hydrogen-bond donors (Lipinski definition) is 1. The fourth-order valence-corrected chi connectivity index (χ4v) is 3.81. The highest BCUT2D eigenvalue weighted by atomic mass is 32.2. The molecule has 1 aliphatic heterocycles. The Morgan fingerprint density at radius 1 is 1.29 bits per heavy atom. The topological polar surface area (TPSA) is 63.3 Å². The Bertz CT molecular complexity index is 856. The van der Waals surface area contributed by atoms with E-state index in [1.165, 1.54) is 16.5 Å². The number of carboxylic acid groups (broad SMARTS) is 1. The van der Waals surface area contributed by atoms with Gasteiger partial charge < -0.3 is 9.52 Å². The highest BCUT2D eigenvalue weighted by molar-refractivity contribution is 7.99. The quantitative estimate of drug-likeness (QED) is 0.780. The Labute approximate surface area is 124 Å². The molecular formula is C16H11NO3S. The first kappa shape index (κ1) is 12.5. The Morgan fingerprint density at radius 3 is 3.00 bits per heavy atom. The van der Waals surface area contributed by atoms with E-state index in [9.17, 15) is 4.79 Å². The zero-order valence-electron chi connectivity index (χ0n) is 10.9. The van der Waals surface area contributed by atoms with Crippen molar-refractivity contribution >= 4 is 28.8 Å². The number of hydrogen-bond acceptors (Lipinski definition) is 4. The van der Waals surface area contributed by atoms with E-state index in [4.69, 9.17) is 9.52 Å². The van der Waals surface area contributed by atoms with Crippen LogP contribution in [0, 0.1) is 0 Å². The van der Waals surface area contributed by atoms with Gasteiger partial charge in [0, 0.05) is 10.6 Å².